The number of benzene rings is 1. The number of nitrogens with one attached hydrogen (secondary N) is 1. The van der Waals surface area contributed by atoms with Crippen molar-refractivity contribution in [3.05, 3.63) is 29.8 Å². The fourth-order valence-electron chi connectivity index (χ4n) is 1.69. The van der Waals surface area contributed by atoms with Gasteiger partial charge in [0.15, 0.2) is 0 Å². The Balaban J connectivity index is 2.48. The standard InChI is InChI=1S/C13H19F3N2/c1-3-8-18(2)9-7-17-12-6-4-5-11(10-12)13(14,15)16/h4-6,10,17H,3,7-9H2,1-2H3. The minimum atomic E-state index is -4.28. The summed E-state index contributed by atoms with van der Waals surface area (Å²) in [5.74, 6) is 0. The van der Waals surface area contributed by atoms with Crippen molar-refractivity contribution in [3.63, 3.8) is 0 Å². The maximum atomic E-state index is 12.5. The molecular weight excluding hydrogens is 241 g/mol. The summed E-state index contributed by atoms with van der Waals surface area (Å²) >= 11 is 0. The Morgan fingerprint density at radius 1 is 1.22 bits per heavy atom. The third-order valence-electron chi connectivity index (χ3n) is 2.62. The van der Waals surface area contributed by atoms with E-state index in [1.165, 1.54) is 6.07 Å². The predicted octanol–water partition coefficient (Wildman–Crippen LogP) is 3.46. The zero-order chi connectivity index (χ0) is 13.6. The fraction of sp³-hybridized carbons (Fsp3) is 0.538. The molecule has 0 saturated carbocycles. The maximum absolute atomic E-state index is 12.5. The molecule has 0 amide bonds. The molecular formula is C13H19F3N2. The quantitative estimate of drug-likeness (QED) is 0.842. The van der Waals surface area contributed by atoms with Gasteiger partial charge in [-0.2, -0.15) is 13.2 Å². The second-order valence-corrected chi connectivity index (χ2v) is 4.31. The molecule has 0 atom stereocenters. The first kappa shape index (κ1) is 14.8. The van der Waals surface area contributed by atoms with Crippen LogP contribution in [-0.2, 0) is 6.18 Å². The van der Waals surface area contributed by atoms with E-state index in [2.05, 4.69) is 17.1 Å². The van der Waals surface area contributed by atoms with Gasteiger partial charge in [-0.05, 0) is 38.2 Å². The SMILES string of the molecule is CCCN(C)CCNc1cccc(C(F)(F)F)c1. The van der Waals surface area contributed by atoms with Crippen molar-refractivity contribution < 1.29 is 13.2 Å². The zero-order valence-electron chi connectivity index (χ0n) is 10.7. The summed E-state index contributed by atoms with van der Waals surface area (Å²) in [5, 5.41) is 3.00. The van der Waals surface area contributed by atoms with Crippen LogP contribution in [0.2, 0.25) is 0 Å². The Bertz CT molecular complexity index is 363. The largest absolute Gasteiger partial charge is 0.416 e. The molecule has 0 saturated heterocycles. The second kappa shape index (κ2) is 6.64. The Hall–Kier alpha value is -1.23. The van der Waals surface area contributed by atoms with Crippen LogP contribution >= 0.6 is 0 Å². The molecule has 0 heterocycles. The van der Waals surface area contributed by atoms with Crippen LogP contribution in [0.25, 0.3) is 0 Å². The lowest BCUT2D eigenvalue weighted by molar-refractivity contribution is -0.137. The van der Waals surface area contributed by atoms with Crippen LogP contribution in [0.5, 0.6) is 0 Å². The molecule has 0 unspecified atom stereocenters. The van der Waals surface area contributed by atoms with Gasteiger partial charge in [-0.1, -0.05) is 13.0 Å². The third kappa shape index (κ3) is 4.96. The Kier molecular flexibility index (Phi) is 5.47. The molecule has 0 aliphatic carbocycles. The smallest absolute Gasteiger partial charge is 0.384 e. The molecule has 0 aliphatic heterocycles. The van der Waals surface area contributed by atoms with Crippen molar-refractivity contribution in [1.29, 1.82) is 0 Å². The van der Waals surface area contributed by atoms with Gasteiger partial charge in [0.25, 0.3) is 0 Å². The van der Waals surface area contributed by atoms with E-state index in [0.717, 1.165) is 31.6 Å². The molecule has 102 valence electrons. The van der Waals surface area contributed by atoms with E-state index in [9.17, 15) is 13.2 Å². The highest BCUT2D eigenvalue weighted by Crippen LogP contribution is 2.30. The number of halogens is 3. The van der Waals surface area contributed by atoms with Gasteiger partial charge < -0.3 is 10.2 Å². The summed E-state index contributed by atoms with van der Waals surface area (Å²) in [6, 6.07) is 5.28. The average molecular weight is 260 g/mol. The molecule has 0 spiro atoms. The maximum Gasteiger partial charge on any atom is 0.416 e. The van der Waals surface area contributed by atoms with E-state index < -0.39 is 11.7 Å². The van der Waals surface area contributed by atoms with Crippen molar-refractivity contribution in [1.82, 2.24) is 4.90 Å². The first-order valence-electron chi connectivity index (χ1n) is 6.03. The Morgan fingerprint density at radius 2 is 1.94 bits per heavy atom. The van der Waals surface area contributed by atoms with Crippen LogP contribution in [0.1, 0.15) is 18.9 Å². The summed E-state index contributed by atoms with van der Waals surface area (Å²) in [4.78, 5) is 2.14. The summed E-state index contributed by atoms with van der Waals surface area (Å²) < 4.78 is 37.4. The van der Waals surface area contributed by atoms with E-state index in [-0.39, 0.29) is 0 Å². The summed E-state index contributed by atoms with van der Waals surface area (Å²) in [6.07, 6.45) is -3.21. The topological polar surface area (TPSA) is 15.3 Å². The molecule has 0 fully saturated rings. The highest BCUT2D eigenvalue weighted by molar-refractivity contribution is 5.46. The van der Waals surface area contributed by atoms with Crippen molar-refractivity contribution in [3.8, 4) is 0 Å². The lowest BCUT2D eigenvalue weighted by Gasteiger charge is -2.16. The number of likely N-dealkylation sites (N-methyl/N-ethyl adjacent to an activating group) is 1. The molecule has 18 heavy (non-hydrogen) atoms. The predicted molar refractivity (Wildman–Crippen MR) is 67.7 cm³/mol. The highest BCUT2D eigenvalue weighted by Gasteiger charge is 2.30. The van der Waals surface area contributed by atoms with Crippen LogP contribution in [0.15, 0.2) is 24.3 Å². The Morgan fingerprint density at radius 3 is 2.56 bits per heavy atom. The second-order valence-electron chi connectivity index (χ2n) is 4.31. The first-order chi connectivity index (χ1) is 8.43. The van der Waals surface area contributed by atoms with Crippen LogP contribution in [0.3, 0.4) is 0 Å². The van der Waals surface area contributed by atoms with Gasteiger partial charge in [0.1, 0.15) is 0 Å². The molecule has 1 N–H and O–H groups in total. The third-order valence-corrected chi connectivity index (χ3v) is 2.62. The van der Waals surface area contributed by atoms with Crippen molar-refractivity contribution in [2.45, 2.75) is 19.5 Å². The minimum absolute atomic E-state index is 0.509. The van der Waals surface area contributed by atoms with Gasteiger partial charge in [-0.15, -0.1) is 0 Å². The number of anilines is 1. The van der Waals surface area contributed by atoms with Crippen LogP contribution in [0.4, 0.5) is 18.9 Å². The van der Waals surface area contributed by atoms with Gasteiger partial charge in [0.05, 0.1) is 5.56 Å². The molecule has 1 aromatic rings. The van der Waals surface area contributed by atoms with Gasteiger partial charge in [0.2, 0.25) is 0 Å². The van der Waals surface area contributed by atoms with Gasteiger partial charge in [-0.3, -0.25) is 0 Å². The molecule has 1 rings (SSSR count). The summed E-state index contributed by atoms with van der Waals surface area (Å²) in [6.45, 7) is 4.53. The van der Waals surface area contributed by atoms with Crippen LogP contribution in [-0.4, -0.2) is 31.6 Å². The normalized spacial score (nSPS) is 11.9. The van der Waals surface area contributed by atoms with Gasteiger partial charge in [0, 0.05) is 18.8 Å². The lowest BCUT2D eigenvalue weighted by atomic mass is 10.2. The first-order valence-corrected chi connectivity index (χ1v) is 6.03. The van der Waals surface area contributed by atoms with E-state index in [0.29, 0.717) is 12.2 Å². The van der Waals surface area contributed by atoms with E-state index in [4.69, 9.17) is 0 Å². The lowest BCUT2D eigenvalue weighted by Crippen LogP contribution is -2.25. The molecule has 0 aromatic heterocycles. The molecule has 2 nitrogen and oxygen atoms in total. The number of hydrogen-bond donors (Lipinski definition) is 1. The van der Waals surface area contributed by atoms with Gasteiger partial charge in [-0.25, -0.2) is 0 Å². The monoisotopic (exact) mass is 260 g/mol. The average Bonchev–Trinajstić information content (AvgIpc) is 2.29. The van der Waals surface area contributed by atoms with E-state index in [1.54, 1.807) is 6.07 Å². The van der Waals surface area contributed by atoms with Crippen molar-refractivity contribution in [2.75, 3.05) is 32.0 Å². The zero-order valence-corrected chi connectivity index (χ0v) is 10.7. The molecule has 0 aliphatic rings. The number of alkyl halides is 3. The van der Waals surface area contributed by atoms with E-state index in [1.807, 2.05) is 7.05 Å². The van der Waals surface area contributed by atoms with Crippen LogP contribution in [0, 0.1) is 0 Å². The summed E-state index contributed by atoms with van der Waals surface area (Å²) in [5.41, 5.74) is -0.107. The molecule has 0 bridgehead atoms. The van der Waals surface area contributed by atoms with E-state index >= 15 is 0 Å². The van der Waals surface area contributed by atoms with Gasteiger partial charge >= 0.3 is 6.18 Å². The highest BCUT2D eigenvalue weighted by atomic mass is 19.4. The van der Waals surface area contributed by atoms with Crippen molar-refractivity contribution >= 4 is 5.69 Å². The molecule has 0 radical (unpaired) electrons. The molecule has 1 aromatic carbocycles. The number of hydrogen-bond acceptors (Lipinski definition) is 2. The van der Waals surface area contributed by atoms with Crippen molar-refractivity contribution in [2.24, 2.45) is 0 Å². The summed E-state index contributed by atoms with van der Waals surface area (Å²) in [7, 11) is 2.00. The minimum Gasteiger partial charge on any atom is -0.384 e. The Labute approximate surface area is 106 Å². The number of rotatable bonds is 6. The fourth-order valence-corrected chi connectivity index (χ4v) is 1.69. The molecule has 5 heteroatoms. The number of nitrogens with zero attached hydrogens (tertiary/aromatic N) is 1. The van der Waals surface area contributed by atoms with Crippen LogP contribution < -0.4 is 5.32 Å².